The standard InChI is InChI=1S/C16H23FN2O2/c1-12(20)19(16(2,3)4)9-8-18-15(21)11-13-6-5-7-14(17)10-13/h5-7,10H,8-9,11H2,1-4H3,(H,18,21). The molecule has 1 rings (SSSR count). The van der Waals surface area contributed by atoms with Gasteiger partial charge in [0.2, 0.25) is 11.8 Å². The summed E-state index contributed by atoms with van der Waals surface area (Å²) in [6, 6.07) is 5.97. The molecule has 4 nitrogen and oxygen atoms in total. The van der Waals surface area contributed by atoms with Crippen molar-refractivity contribution < 1.29 is 14.0 Å². The monoisotopic (exact) mass is 294 g/mol. The van der Waals surface area contributed by atoms with Crippen molar-refractivity contribution >= 4 is 11.8 Å². The Balaban J connectivity index is 2.44. The van der Waals surface area contributed by atoms with Crippen LogP contribution in [0.2, 0.25) is 0 Å². The fourth-order valence-electron chi connectivity index (χ4n) is 2.17. The van der Waals surface area contributed by atoms with E-state index in [2.05, 4.69) is 5.32 Å². The van der Waals surface area contributed by atoms with Crippen molar-refractivity contribution in [1.29, 1.82) is 0 Å². The van der Waals surface area contributed by atoms with Gasteiger partial charge >= 0.3 is 0 Å². The fraction of sp³-hybridized carbons (Fsp3) is 0.500. The number of benzene rings is 1. The van der Waals surface area contributed by atoms with Crippen LogP contribution in [0.3, 0.4) is 0 Å². The summed E-state index contributed by atoms with van der Waals surface area (Å²) in [7, 11) is 0. The number of nitrogens with zero attached hydrogens (tertiary/aromatic N) is 1. The van der Waals surface area contributed by atoms with Crippen LogP contribution in [0.15, 0.2) is 24.3 Å². The zero-order valence-electron chi connectivity index (χ0n) is 13.1. The zero-order chi connectivity index (χ0) is 16.0. The Bertz CT molecular complexity index is 509. The lowest BCUT2D eigenvalue weighted by molar-refractivity contribution is -0.134. The van der Waals surface area contributed by atoms with Crippen molar-refractivity contribution in [3.8, 4) is 0 Å². The molecule has 0 radical (unpaired) electrons. The normalized spacial score (nSPS) is 11.1. The molecule has 0 fully saturated rings. The number of amides is 2. The molecule has 0 heterocycles. The van der Waals surface area contributed by atoms with Crippen LogP contribution in [-0.4, -0.2) is 35.3 Å². The topological polar surface area (TPSA) is 49.4 Å². The molecule has 116 valence electrons. The summed E-state index contributed by atoms with van der Waals surface area (Å²) in [5, 5.41) is 2.75. The van der Waals surface area contributed by atoms with E-state index in [-0.39, 0.29) is 29.6 Å². The second kappa shape index (κ2) is 7.20. The summed E-state index contributed by atoms with van der Waals surface area (Å²) in [6.45, 7) is 8.19. The number of carbonyl (C=O) groups is 2. The summed E-state index contributed by atoms with van der Waals surface area (Å²) in [4.78, 5) is 25.1. The highest BCUT2D eigenvalue weighted by Gasteiger charge is 2.23. The third-order valence-electron chi connectivity index (χ3n) is 3.10. The molecule has 2 amide bonds. The second-order valence-electron chi connectivity index (χ2n) is 6.00. The molecule has 1 N–H and O–H groups in total. The Morgan fingerprint density at radius 1 is 1.29 bits per heavy atom. The summed E-state index contributed by atoms with van der Waals surface area (Å²) >= 11 is 0. The van der Waals surface area contributed by atoms with Crippen molar-refractivity contribution in [2.24, 2.45) is 0 Å². The van der Waals surface area contributed by atoms with Gasteiger partial charge < -0.3 is 10.2 Å². The molecule has 0 saturated carbocycles. The Hall–Kier alpha value is -1.91. The number of carbonyl (C=O) groups excluding carboxylic acids is 2. The first kappa shape index (κ1) is 17.1. The zero-order valence-corrected chi connectivity index (χ0v) is 13.1. The molecule has 1 aromatic carbocycles. The Kier molecular flexibility index (Phi) is 5.88. The molecular weight excluding hydrogens is 271 g/mol. The molecular formula is C16H23FN2O2. The predicted molar refractivity (Wildman–Crippen MR) is 80.3 cm³/mol. The minimum Gasteiger partial charge on any atom is -0.354 e. The quantitative estimate of drug-likeness (QED) is 0.904. The van der Waals surface area contributed by atoms with Crippen molar-refractivity contribution in [1.82, 2.24) is 10.2 Å². The lowest BCUT2D eigenvalue weighted by Gasteiger charge is -2.35. The van der Waals surface area contributed by atoms with E-state index >= 15 is 0 Å². The minimum absolute atomic E-state index is 0.0260. The Morgan fingerprint density at radius 2 is 1.95 bits per heavy atom. The van der Waals surface area contributed by atoms with E-state index in [4.69, 9.17) is 0 Å². The first-order chi connectivity index (χ1) is 9.70. The van der Waals surface area contributed by atoms with Crippen LogP contribution in [0.5, 0.6) is 0 Å². The summed E-state index contributed by atoms with van der Waals surface area (Å²) < 4.78 is 13.0. The molecule has 0 spiro atoms. The van der Waals surface area contributed by atoms with Gasteiger partial charge in [0.25, 0.3) is 0 Å². The van der Waals surface area contributed by atoms with E-state index in [0.717, 1.165) is 0 Å². The molecule has 1 aromatic rings. The summed E-state index contributed by atoms with van der Waals surface area (Å²) in [6.07, 6.45) is 0.132. The third-order valence-corrected chi connectivity index (χ3v) is 3.10. The molecule has 0 aliphatic heterocycles. The van der Waals surface area contributed by atoms with Crippen LogP contribution in [0, 0.1) is 5.82 Å². The molecule has 0 bridgehead atoms. The van der Waals surface area contributed by atoms with E-state index in [1.165, 1.54) is 19.1 Å². The van der Waals surface area contributed by atoms with Gasteiger partial charge in [-0.1, -0.05) is 12.1 Å². The highest BCUT2D eigenvalue weighted by Crippen LogP contribution is 2.12. The van der Waals surface area contributed by atoms with Gasteiger partial charge in [-0.15, -0.1) is 0 Å². The van der Waals surface area contributed by atoms with Crippen LogP contribution in [0.4, 0.5) is 4.39 Å². The minimum atomic E-state index is -0.351. The number of hydrogen-bond acceptors (Lipinski definition) is 2. The van der Waals surface area contributed by atoms with Crippen molar-refractivity contribution in [2.45, 2.75) is 39.7 Å². The first-order valence-corrected chi connectivity index (χ1v) is 6.99. The van der Waals surface area contributed by atoms with Crippen molar-refractivity contribution in [3.05, 3.63) is 35.6 Å². The van der Waals surface area contributed by atoms with Gasteiger partial charge in [0.05, 0.1) is 6.42 Å². The molecule has 0 saturated heterocycles. The molecule has 0 aromatic heterocycles. The van der Waals surface area contributed by atoms with Crippen LogP contribution in [0.25, 0.3) is 0 Å². The average Bonchev–Trinajstić information content (AvgIpc) is 2.32. The van der Waals surface area contributed by atoms with Gasteiger partial charge in [-0.2, -0.15) is 0 Å². The Morgan fingerprint density at radius 3 is 2.48 bits per heavy atom. The smallest absolute Gasteiger partial charge is 0.224 e. The van der Waals surface area contributed by atoms with Crippen molar-refractivity contribution in [3.63, 3.8) is 0 Å². The number of rotatable bonds is 5. The maximum atomic E-state index is 13.0. The Labute approximate surface area is 125 Å². The molecule has 21 heavy (non-hydrogen) atoms. The van der Waals surface area contributed by atoms with E-state index in [1.54, 1.807) is 17.0 Å². The number of halogens is 1. The highest BCUT2D eigenvalue weighted by molar-refractivity contribution is 5.78. The SMILES string of the molecule is CC(=O)N(CCNC(=O)Cc1cccc(F)c1)C(C)(C)C. The lowest BCUT2D eigenvalue weighted by atomic mass is 10.1. The molecule has 0 atom stereocenters. The molecule has 5 heteroatoms. The second-order valence-corrected chi connectivity index (χ2v) is 6.00. The van der Waals surface area contributed by atoms with Gasteiger partial charge in [-0.25, -0.2) is 4.39 Å². The highest BCUT2D eigenvalue weighted by atomic mass is 19.1. The van der Waals surface area contributed by atoms with Gasteiger partial charge in [-0.3, -0.25) is 9.59 Å². The van der Waals surface area contributed by atoms with Crippen LogP contribution in [-0.2, 0) is 16.0 Å². The lowest BCUT2D eigenvalue weighted by Crippen LogP contribution is -2.48. The summed E-state index contributed by atoms with van der Waals surface area (Å²) in [5.41, 5.74) is 0.353. The van der Waals surface area contributed by atoms with Crippen LogP contribution < -0.4 is 5.32 Å². The van der Waals surface area contributed by atoms with E-state index in [9.17, 15) is 14.0 Å². The van der Waals surface area contributed by atoms with Crippen molar-refractivity contribution in [2.75, 3.05) is 13.1 Å². The third kappa shape index (κ3) is 5.94. The van der Waals surface area contributed by atoms with Gasteiger partial charge in [0, 0.05) is 25.6 Å². The van der Waals surface area contributed by atoms with Gasteiger partial charge in [0.1, 0.15) is 5.82 Å². The van der Waals surface area contributed by atoms with E-state index in [0.29, 0.717) is 18.7 Å². The van der Waals surface area contributed by atoms with Crippen LogP contribution >= 0.6 is 0 Å². The maximum absolute atomic E-state index is 13.0. The molecule has 0 aliphatic carbocycles. The first-order valence-electron chi connectivity index (χ1n) is 6.99. The van der Waals surface area contributed by atoms with Gasteiger partial charge in [0.15, 0.2) is 0 Å². The fourth-order valence-corrected chi connectivity index (χ4v) is 2.17. The average molecular weight is 294 g/mol. The summed E-state index contributed by atoms with van der Waals surface area (Å²) in [5.74, 6) is -0.560. The van der Waals surface area contributed by atoms with Gasteiger partial charge in [-0.05, 0) is 38.5 Å². The number of nitrogens with one attached hydrogen (secondary N) is 1. The largest absolute Gasteiger partial charge is 0.354 e. The van der Waals surface area contributed by atoms with E-state index < -0.39 is 0 Å². The van der Waals surface area contributed by atoms with Crippen LogP contribution in [0.1, 0.15) is 33.3 Å². The van der Waals surface area contributed by atoms with E-state index in [1.807, 2.05) is 20.8 Å². The number of hydrogen-bond donors (Lipinski definition) is 1. The molecule has 0 unspecified atom stereocenters. The molecule has 0 aliphatic rings. The maximum Gasteiger partial charge on any atom is 0.224 e. The predicted octanol–water partition coefficient (Wildman–Crippen LogP) is 2.13.